The minimum Gasteiger partial charge on any atom is -0.472 e. The summed E-state index contributed by atoms with van der Waals surface area (Å²) in [5.74, 6) is -4.14. The van der Waals surface area contributed by atoms with Crippen LogP contribution < -0.4 is 0 Å². The molecule has 39 heavy (non-hydrogen) atoms. The summed E-state index contributed by atoms with van der Waals surface area (Å²) in [5, 5.41) is 11.5. The molecule has 4 heterocycles. The molecule has 10 atom stereocenters. The van der Waals surface area contributed by atoms with Gasteiger partial charge >= 0.3 is 17.9 Å². The second-order valence-electron chi connectivity index (χ2n) is 12.9. The normalized spacial score (nSPS) is 43.4. The highest BCUT2D eigenvalue weighted by atomic mass is 16.6. The molecule has 0 aromatic carbocycles. The molecule has 5 fully saturated rings. The van der Waals surface area contributed by atoms with Gasteiger partial charge in [0.2, 0.25) is 0 Å². The Balaban J connectivity index is 1.74. The molecule has 0 unspecified atom stereocenters. The molecule has 0 radical (unpaired) electrons. The van der Waals surface area contributed by atoms with Crippen LogP contribution in [-0.4, -0.2) is 59.8 Å². The molecule has 2 saturated carbocycles. The van der Waals surface area contributed by atoms with Crippen molar-refractivity contribution < 1.29 is 47.6 Å². The quantitative estimate of drug-likeness (QED) is 0.443. The minimum absolute atomic E-state index is 0.0816. The van der Waals surface area contributed by atoms with Crippen molar-refractivity contribution in [1.82, 2.24) is 0 Å². The molecule has 2 aliphatic carbocycles. The Bertz CT molecular complexity index is 1190. The van der Waals surface area contributed by atoms with Gasteiger partial charge in [-0.2, -0.15) is 0 Å². The zero-order valence-electron chi connectivity index (χ0n) is 23.5. The van der Waals surface area contributed by atoms with Crippen LogP contribution in [0.5, 0.6) is 0 Å². The largest absolute Gasteiger partial charge is 0.472 e. The fourth-order valence-electron chi connectivity index (χ4n) is 8.82. The molecular weight excluding hydrogens is 508 g/mol. The second kappa shape index (κ2) is 8.89. The monoisotopic (exact) mass is 546 g/mol. The summed E-state index contributed by atoms with van der Waals surface area (Å²) in [4.78, 5) is 52.5. The highest BCUT2D eigenvalue weighted by Gasteiger charge is 2.77. The molecule has 10 heteroatoms. The van der Waals surface area contributed by atoms with Gasteiger partial charge in [-0.15, -0.1) is 0 Å². The first-order chi connectivity index (χ1) is 18.1. The summed E-state index contributed by atoms with van der Waals surface area (Å²) in [6.45, 7) is 10.6. The van der Waals surface area contributed by atoms with E-state index in [1.54, 1.807) is 13.0 Å². The first kappa shape index (κ1) is 27.8. The average molecular weight is 547 g/mol. The number of aliphatic hydroxyl groups is 1. The van der Waals surface area contributed by atoms with Crippen LogP contribution in [0.1, 0.15) is 72.5 Å². The standard InChI is InChI=1S/C29H38O10/c1-14-21(32)17-11-27(5)24(16-8-9-36-13-16)38-20(31)12-29(14,27)39-19-10-18(37-15(2)30)26(3,4)23(28(17,19)6)22(33)25(34)35-7/h8-9,13-14,17-19,22-24,33H,10-12H2,1-7H3/t14-,17-,18+,19-,22-,23-,24-,27-,28-,29-/m0/s1. The lowest BCUT2D eigenvalue weighted by molar-refractivity contribution is -0.274. The summed E-state index contributed by atoms with van der Waals surface area (Å²) in [6.07, 6.45) is -0.372. The van der Waals surface area contributed by atoms with Crippen LogP contribution in [0.2, 0.25) is 0 Å². The van der Waals surface area contributed by atoms with Gasteiger partial charge in [0.1, 0.15) is 18.0 Å². The number of carbonyl (C=O) groups excluding carboxylic acids is 4. The van der Waals surface area contributed by atoms with Crippen molar-refractivity contribution in [3.05, 3.63) is 24.2 Å². The zero-order valence-corrected chi connectivity index (χ0v) is 23.5. The van der Waals surface area contributed by atoms with E-state index < -0.39 is 81.9 Å². The topological polar surface area (TPSA) is 139 Å². The molecule has 1 aromatic heterocycles. The molecule has 214 valence electrons. The summed E-state index contributed by atoms with van der Waals surface area (Å²) in [6, 6.07) is 1.74. The Kier molecular flexibility index (Phi) is 6.35. The number of ether oxygens (including phenoxy) is 4. The Labute approximate surface area is 227 Å². The molecule has 1 aromatic rings. The van der Waals surface area contributed by atoms with Crippen molar-refractivity contribution in [3.63, 3.8) is 0 Å². The molecule has 6 rings (SSSR count). The fraction of sp³-hybridized carbons (Fsp3) is 0.724. The maximum atomic E-state index is 14.3. The molecule has 10 nitrogen and oxygen atoms in total. The number of Topliss-reactive ketones (excluding diaryl/α,β-unsaturated/α-hetero) is 1. The van der Waals surface area contributed by atoms with Crippen LogP contribution in [0, 0.1) is 34.0 Å². The van der Waals surface area contributed by atoms with E-state index in [9.17, 15) is 24.3 Å². The Morgan fingerprint density at radius 1 is 1.18 bits per heavy atom. The number of carbonyl (C=O) groups is 4. The maximum Gasteiger partial charge on any atom is 0.335 e. The third-order valence-corrected chi connectivity index (χ3v) is 10.7. The van der Waals surface area contributed by atoms with Gasteiger partial charge < -0.3 is 28.5 Å². The van der Waals surface area contributed by atoms with Crippen LogP contribution in [0.15, 0.2) is 23.0 Å². The van der Waals surface area contributed by atoms with E-state index in [0.717, 1.165) is 0 Å². The number of rotatable bonds is 4. The van der Waals surface area contributed by atoms with Crippen molar-refractivity contribution >= 4 is 23.7 Å². The van der Waals surface area contributed by atoms with Crippen molar-refractivity contribution in [3.8, 4) is 0 Å². The number of methoxy groups -OCH3 is 1. The number of aliphatic hydroxyl groups excluding tert-OH is 1. The molecule has 0 amide bonds. The van der Waals surface area contributed by atoms with Gasteiger partial charge in [0.25, 0.3) is 0 Å². The lowest BCUT2D eigenvalue weighted by Crippen LogP contribution is -2.66. The molecule has 5 aliphatic rings. The van der Waals surface area contributed by atoms with Crippen molar-refractivity contribution in [2.45, 2.75) is 90.8 Å². The van der Waals surface area contributed by atoms with E-state index in [2.05, 4.69) is 0 Å². The number of furan rings is 1. The first-order valence-corrected chi connectivity index (χ1v) is 13.5. The van der Waals surface area contributed by atoms with Crippen molar-refractivity contribution in [2.24, 2.45) is 34.0 Å². The smallest absolute Gasteiger partial charge is 0.335 e. The third kappa shape index (κ3) is 3.59. The van der Waals surface area contributed by atoms with Crippen LogP contribution in [0.4, 0.5) is 0 Å². The Morgan fingerprint density at radius 2 is 1.87 bits per heavy atom. The SMILES string of the molecule is COC(=O)[C@@H](O)[C@H]1C(C)(C)[C@H](OC(C)=O)C[C@@H]2O[C@]34CC(=O)O[C@@H](c5ccoc5)[C@]3(C)C[C@@H](C(=O)[C@@H]4C)[C@@]21C. The van der Waals surface area contributed by atoms with Gasteiger partial charge in [-0.05, 0) is 12.5 Å². The van der Waals surface area contributed by atoms with Crippen LogP contribution in [-0.2, 0) is 38.1 Å². The van der Waals surface area contributed by atoms with Crippen LogP contribution in [0.25, 0.3) is 0 Å². The number of cyclic esters (lactones) is 1. The van der Waals surface area contributed by atoms with Gasteiger partial charge in [0.15, 0.2) is 6.10 Å². The highest BCUT2D eigenvalue weighted by Crippen LogP contribution is 2.71. The Morgan fingerprint density at radius 3 is 2.46 bits per heavy atom. The summed E-state index contributed by atoms with van der Waals surface area (Å²) >= 11 is 0. The molecule has 3 aliphatic heterocycles. The van der Waals surface area contributed by atoms with Gasteiger partial charge in [-0.3, -0.25) is 14.4 Å². The van der Waals surface area contributed by atoms with E-state index in [1.165, 1.54) is 26.6 Å². The molecule has 1 N–H and O–H groups in total. The van der Waals surface area contributed by atoms with E-state index in [4.69, 9.17) is 23.4 Å². The fourth-order valence-corrected chi connectivity index (χ4v) is 8.82. The van der Waals surface area contributed by atoms with Crippen LogP contribution >= 0.6 is 0 Å². The Hall–Kier alpha value is -2.72. The maximum absolute atomic E-state index is 14.3. The second-order valence-corrected chi connectivity index (χ2v) is 12.9. The summed E-state index contributed by atoms with van der Waals surface area (Å²) in [5.41, 5.74) is -3.43. The molecular formula is C29H38O10. The number of hydrogen-bond donors (Lipinski definition) is 1. The number of fused-ring (bicyclic) bond motifs is 1. The number of hydrogen-bond acceptors (Lipinski definition) is 10. The van der Waals surface area contributed by atoms with E-state index in [1.807, 2.05) is 27.7 Å². The van der Waals surface area contributed by atoms with Crippen LogP contribution in [0.3, 0.4) is 0 Å². The minimum atomic E-state index is -1.62. The van der Waals surface area contributed by atoms with E-state index >= 15 is 0 Å². The molecule has 3 saturated heterocycles. The van der Waals surface area contributed by atoms with E-state index in [-0.39, 0.29) is 18.6 Å². The van der Waals surface area contributed by atoms with Gasteiger partial charge in [0, 0.05) is 52.9 Å². The first-order valence-electron chi connectivity index (χ1n) is 13.5. The number of esters is 3. The lowest BCUT2D eigenvalue weighted by atomic mass is 9.44. The van der Waals surface area contributed by atoms with Gasteiger partial charge in [0.05, 0.1) is 37.8 Å². The van der Waals surface area contributed by atoms with Crippen molar-refractivity contribution in [1.29, 1.82) is 0 Å². The predicted octanol–water partition coefficient (Wildman–Crippen LogP) is 3.15. The third-order valence-electron chi connectivity index (χ3n) is 10.7. The highest BCUT2D eigenvalue weighted by molar-refractivity contribution is 5.89. The summed E-state index contributed by atoms with van der Waals surface area (Å²) in [7, 11) is 1.19. The zero-order chi connectivity index (χ0) is 28.7. The van der Waals surface area contributed by atoms with Gasteiger partial charge in [-0.1, -0.05) is 34.6 Å². The van der Waals surface area contributed by atoms with E-state index in [0.29, 0.717) is 12.0 Å². The van der Waals surface area contributed by atoms with Gasteiger partial charge in [-0.25, -0.2) is 4.79 Å². The van der Waals surface area contributed by atoms with Crippen molar-refractivity contribution in [2.75, 3.05) is 7.11 Å². The molecule has 1 spiro atoms. The lowest BCUT2D eigenvalue weighted by Gasteiger charge is -2.59. The number of ketones is 1. The average Bonchev–Trinajstić information content (AvgIpc) is 3.35. The summed E-state index contributed by atoms with van der Waals surface area (Å²) < 4.78 is 29.1. The molecule has 2 bridgehead atoms. The predicted molar refractivity (Wildman–Crippen MR) is 134 cm³/mol.